The van der Waals surface area contributed by atoms with Crippen LogP contribution in [0.4, 0.5) is 5.82 Å². The predicted octanol–water partition coefficient (Wildman–Crippen LogP) is 2.01. The molecular formula is C19H24N3O3S+. The van der Waals surface area contributed by atoms with E-state index in [0.717, 1.165) is 25.1 Å². The zero-order chi connectivity index (χ0) is 18.0. The van der Waals surface area contributed by atoms with Gasteiger partial charge in [-0.25, -0.2) is 13.4 Å². The number of aryl methyl sites for hydroxylation is 1. The van der Waals surface area contributed by atoms with Crippen LogP contribution in [0.2, 0.25) is 0 Å². The highest BCUT2D eigenvalue weighted by Gasteiger charge is 2.28. The molecule has 1 aromatic carbocycles. The van der Waals surface area contributed by atoms with Crippen molar-refractivity contribution in [3.05, 3.63) is 53.7 Å². The van der Waals surface area contributed by atoms with Gasteiger partial charge < -0.3 is 4.74 Å². The number of nitrogens with zero attached hydrogens (tertiary/aromatic N) is 1. The number of nitrogens with one attached hydrogen (secondary N) is 2. The summed E-state index contributed by atoms with van der Waals surface area (Å²) in [5, 5.41) is 3.51. The van der Waals surface area contributed by atoms with Gasteiger partial charge in [0.05, 0.1) is 13.2 Å². The molecule has 0 amide bonds. The molecule has 2 aliphatic rings. The van der Waals surface area contributed by atoms with Crippen molar-refractivity contribution in [1.82, 2.24) is 4.31 Å². The van der Waals surface area contributed by atoms with Crippen LogP contribution in [0.1, 0.15) is 30.0 Å². The van der Waals surface area contributed by atoms with Gasteiger partial charge >= 0.3 is 0 Å². The van der Waals surface area contributed by atoms with Crippen molar-refractivity contribution in [2.45, 2.75) is 30.2 Å². The third-order valence-corrected chi connectivity index (χ3v) is 6.99. The first-order valence-corrected chi connectivity index (χ1v) is 10.5. The van der Waals surface area contributed by atoms with E-state index in [-0.39, 0.29) is 10.9 Å². The van der Waals surface area contributed by atoms with Gasteiger partial charge in [-0.1, -0.05) is 24.3 Å². The number of pyridine rings is 1. The Hall–Kier alpha value is -1.96. The van der Waals surface area contributed by atoms with E-state index in [0.29, 0.717) is 26.3 Å². The first kappa shape index (κ1) is 17.5. The second kappa shape index (κ2) is 7.34. The number of aromatic nitrogens is 1. The highest BCUT2D eigenvalue weighted by molar-refractivity contribution is 7.89. The lowest BCUT2D eigenvalue weighted by atomic mass is 9.88. The number of ether oxygens (including phenoxy) is 1. The van der Waals surface area contributed by atoms with Gasteiger partial charge in [-0.15, -0.1) is 0 Å². The first-order chi connectivity index (χ1) is 12.6. The smallest absolute Gasteiger partial charge is 0.272 e. The maximum Gasteiger partial charge on any atom is 0.272 e. The van der Waals surface area contributed by atoms with Crippen LogP contribution in [0.5, 0.6) is 0 Å². The van der Waals surface area contributed by atoms with Crippen LogP contribution < -0.4 is 10.3 Å². The number of benzene rings is 1. The Morgan fingerprint density at radius 3 is 2.69 bits per heavy atom. The number of morpholine rings is 1. The van der Waals surface area contributed by atoms with Gasteiger partial charge in [0.25, 0.3) is 5.82 Å². The average molecular weight is 374 g/mol. The molecule has 1 fully saturated rings. The van der Waals surface area contributed by atoms with Crippen LogP contribution >= 0.6 is 0 Å². The molecule has 0 radical (unpaired) electrons. The zero-order valence-electron chi connectivity index (χ0n) is 14.6. The Balaban J connectivity index is 1.50. The third-order valence-electron chi connectivity index (χ3n) is 5.09. The van der Waals surface area contributed by atoms with Crippen molar-refractivity contribution < 1.29 is 18.1 Å². The summed E-state index contributed by atoms with van der Waals surface area (Å²) in [6.45, 7) is 1.70. The Bertz CT molecular complexity index is 862. The van der Waals surface area contributed by atoms with Crippen LogP contribution in [-0.4, -0.2) is 39.0 Å². The Labute approximate surface area is 154 Å². The summed E-state index contributed by atoms with van der Waals surface area (Å²) in [6, 6.07) is 12.2. The molecule has 26 heavy (non-hydrogen) atoms. The van der Waals surface area contributed by atoms with E-state index in [1.165, 1.54) is 15.4 Å². The summed E-state index contributed by atoms with van der Waals surface area (Å²) in [4.78, 5) is 3.40. The number of hydrogen-bond acceptors (Lipinski definition) is 4. The van der Waals surface area contributed by atoms with Crippen LogP contribution in [0, 0.1) is 0 Å². The van der Waals surface area contributed by atoms with Crippen LogP contribution in [0.25, 0.3) is 0 Å². The lowest BCUT2D eigenvalue weighted by molar-refractivity contribution is -0.364. The van der Waals surface area contributed by atoms with E-state index in [2.05, 4.69) is 34.6 Å². The molecule has 138 valence electrons. The first-order valence-electron chi connectivity index (χ1n) is 9.08. The van der Waals surface area contributed by atoms with E-state index >= 15 is 0 Å². The minimum absolute atomic E-state index is 0.248. The van der Waals surface area contributed by atoms with Crippen molar-refractivity contribution in [3.8, 4) is 0 Å². The van der Waals surface area contributed by atoms with Crippen molar-refractivity contribution in [1.29, 1.82) is 0 Å². The van der Waals surface area contributed by atoms with Gasteiger partial charge in [0.2, 0.25) is 10.0 Å². The highest BCUT2D eigenvalue weighted by atomic mass is 32.2. The molecule has 0 bridgehead atoms. The van der Waals surface area contributed by atoms with Gasteiger partial charge in [-0.05, 0) is 36.5 Å². The van der Waals surface area contributed by atoms with E-state index in [4.69, 9.17) is 4.74 Å². The van der Waals surface area contributed by atoms with Crippen molar-refractivity contribution >= 4 is 15.8 Å². The Morgan fingerprint density at radius 1 is 1.12 bits per heavy atom. The molecular weight excluding hydrogens is 350 g/mol. The highest BCUT2D eigenvalue weighted by Crippen LogP contribution is 2.31. The lowest BCUT2D eigenvalue weighted by Crippen LogP contribution is -2.40. The van der Waals surface area contributed by atoms with E-state index in [1.54, 1.807) is 12.3 Å². The fourth-order valence-electron chi connectivity index (χ4n) is 3.69. The number of H-pyrrole nitrogens is 1. The second-order valence-electron chi connectivity index (χ2n) is 6.74. The minimum atomic E-state index is -3.47. The molecule has 0 unspecified atom stereocenters. The van der Waals surface area contributed by atoms with Gasteiger partial charge in [0.1, 0.15) is 17.1 Å². The summed E-state index contributed by atoms with van der Waals surface area (Å²) < 4.78 is 32.1. The summed E-state index contributed by atoms with van der Waals surface area (Å²) in [5.74, 6) is 0.827. The standard InChI is InChI=1S/C19H23N3O3S/c23-26(24,22-10-12-25-13-11-22)16-8-9-19(20-14-16)21-18-7-3-5-15-4-1-2-6-17(15)18/h1-2,4,6,8-9,14,18H,3,5,7,10-13H2,(H,20,21)/p+1/t18-/m1/s1. The van der Waals surface area contributed by atoms with Crippen LogP contribution in [0.15, 0.2) is 47.5 Å². The summed E-state index contributed by atoms with van der Waals surface area (Å²) in [7, 11) is -3.47. The number of hydrogen-bond donors (Lipinski definition) is 1. The number of rotatable bonds is 4. The van der Waals surface area contributed by atoms with Crippen molar-refractivity contribution in [2.75, 3.05) is 31.6 Å². The molecule has 1 aliphatic heterocycles. The lowest BCUT2D eigenvalue weighted by Gasteiger charge is -2.25. The molecule has 7 heteroatoms. The van der Waals surface area contributed by atoms with Crippen LogP contribution in [0.3, 0.4) is 0 Å². The fourth-order valence-corrected chi connectivity index (χ4v) is 5.06. The number of anilines is 1. The second-order valence-corrected chi connectivity index (χ2v) is 8.68. The largest absolute Gasteiger partial charge is 0.379 e. The minimum Gasteiger partial charge on any atom is -0.379 e. The van der Waals surface area contributed by atoms with Crippen molar-refractivity contribution in [2.24, 2.45) is 0 Å². The molecule has 1 atom stereocenters. The van der Waals surface area contributed by atoms with E-state index in [1.807, 2.05) is 6.07 Å². The third kappa shape index (κ3) is 3.47. The molecule has 6 nitrogen and oxygen atoms in total. The molecule has 1 saturated heterocycles. The Morgan fingerprint density at radius 2 is 1.92 bits per heavy atom. The molecule has 2 aromatic rings. The monoisotopic (exact) mass is 374 g/mol. The normalized spacial score (nSPS) is 21.2. The van der Waals surface area contributed by atoms with Gasteiger partial charge in [-0.3, -0.25) is 5.32 Å². The quantitative estimate of drug-likeness (QED) is 0.889. The Kier molecular flexibility index (Phi) is 4.93. The van der Waals surface area contributed by atoms with Crippen molar-refractivity contribution in [3.63, 3.8) is 0 Å². The van der Waals surface area contributed by atoms with Gasteiger partial charge in [0.15, 0.2) is 0 Å². The molecule has 0 spiro atoms. The zero-order valence-corrected chi connectivity index (χ0v) is 15.5. The topological polar surface area (TPSA) is 72.8 Å². The summed E-state index contributed by atoms with van der Waals surface area (Å²) in [6.07, 6.45) is 4.91. The number of sulfonamides is 1. The summed E-state index contributed by atoms with van der Waals surface area (Å²) >= 11 is 0. The molecule has 1 aromatic heterocycles. The molecule has 2 heterocycles. The number of fused-ring (bicyclic) bond motifs is 1. The molecule has 1 aliphatic carbocycles. The molecule has 2 N–H and O–H groups in total. The van der Waals surface area contributed by atoms with Crippen LogP contribution in [-0.2, 0) is 21.2 Å². The number of aromatic amines is 1. The SMILES string of the molecule is O=S(=O)(c1ccc(N[C@@H]2CCCc3ccccc32)[nH+]c1)N1CCOCC1. The fraction of sp³-hybridized carbons (Fsp3) is 0.421. The average Bonchev–Trinajstić information content (AvgIpc) is 2.69. The molecule has 4 rings (SSSR count). The summed E-state index contributed by atoms with van der Waals surface area (Å²) in [5.41, 5.74) is 2.72. The maximum atomic E-state index is 12.7. The van der Waals surface area contributed by atoms with E-state index in [9.17, 15) is 8.42 Å². The molecule has 0 saturated carbocycles. The predicted molar refractivity (Wildman–Crippen MR) is 98.3 cm³/mol. The van der Waals surface area contributed by atoms with Gasteiger partial charge in [-0.2, -0.15) is 4.31 Å². The van der Waals surface area contributed by atoms with E-state index < -0.39 is 10.0 Å². The van der Waals surface area contributed by atoms with Gasteiger partial charge in [0, 0.05) is 19.2 Å². The maximum absolute atomic E-state index is 12.7.